The van der Waals surface area contributed by atoms with E-state index in [9.17, 15) is 0 Å². The van der Waals surface area contributed by atoms with Gasteiger partial charge in [0.2, 0.25) is 0 Å². The maximum Gasteiger partial charge on any atom is 0.185 e. The second kappa shape index (κ2) is 7.24. The van der Waals surface area contributed by atoms with E-state index in [1.54, 1.807) is 11.3 Å². The van der Waals surface area contributed by atoms with Crippen LogP contribution in [0, 0.1) is 0 Å². The van der Waals surface area contributed by atoms with Crippen molar-refractivity contribution < 1.29 is 0 Å². The highest BCUT2D eigenvalue weighted by atomic mass is 32.1. The molecule has 0 spiro atoms. The van der Waals surface area contributed by atoms with Crippen molar-refractivity contribution in [2.24, 2.45) is 0 Å². The minimum atomic E-state index is 0.0528. The molecule has 0 saturated carbocycles. The van der Waals surface area contributed by atoms with Crippen molar-refractivity contribution >= 4 is 16.5 Å². The van der Waals surface area contributed by atoms with Gasteiger partial charge >= 0.3 is 0 Å². The molecular formula is C20H31N3S. The van der Waals surface area contributed by atoms with E-state index in [0.29, 0.717) is 0 Å². The fourth-order valence-electron chi connectivity index (χ4n) is 2.48. The van der Waals surface area contributed by atoms with E-state index < -0.39 is 0 Å². The Balaban J connectivity index is 2.22. The van der Waals surface area contributed by atoms with Gasteiger partial charge in [0.1, 0.15) is 0 Å². The minimum absolute atomic E-state index is 0.0528. The maximum atomic E-state index is 4.98. The summed E-state index contributed by atoms with van der Waals surface area (Å²) in [5, 5.41) is 4.70. The van der Waals surface area contributed by atoms with Crippen molar-refractivity contribution in [3.05, 3.63) is 46.5 Å². The highest BCUT2D eigenvalue weighted by molar-refractivity contribution is 7.15. The molecule has 2 rings (SSSR count). The van der Waals surface area contributed by atoms with Gasteiger partial charge in [-0.2, -0.15) is 0 Å². The van der Waals surface area contributed by atoms with Gasteiger partial charge in [0.05, 0.1) is 5.69 Å². The first-order valence-corrected chi connectivity index (χ1v) is 9.38. The SMILES string of the molecule is CN(Cc1ccccc1)c1nc(C(C)(C)C)c(CNC(C)(C)C)s1. The second-order valence-electron chi connectivity index (χ2n) is 8.46. The summed E-state index contributed by atoms with van der Waals surface area (Å²) in [5.74, 6) is 0. The highest BCUT2D eigenvalue weighted by Crippen LogP contribution is 2.34. The fraction of sp³-hybridized carbons (Fsp3) is 0.550. The molecule has 0 radical (unpaired) electrons. The molecule has 1 aromatic carbocycles. The van der Waals surface area contributed by atoms with E-state index in [-0.39, 0.29) is 11.0 Å². The molecule has 0 aliphatic carbocycles. The number of nitrogens with one attached hydrogen (secondary N) is 1. The largest absolute Gasteiger partial charge is 0.347 e. The van der Waals surface area contributed by atoms with E-state index in [2.05, 4.69) is 89.1 Å². The zero-order valence-electron chi connectivity index (χ0n) is 16.1. The summed E-state index contributed by atoms with van der Waals surface area (Å²) in [7, 11) is 2.12. The number of nitrogens with zero attached hydrogens (tertiary/aromatic N) is 2. The van der Waals surface area contributed by atoms with Gasteiger partial charge in [0, 0.05) is 36.0 Å². The number of rotatable bonds is 5. The van der Waals surface area contributed by atoms with Crippen LogP contribution in [0.5, 0.6) is 0 Å². The summed E-state index contributed by atoms with van der Waals surface area (Å²) in [6.07, 6.45) is 0. The average Bonchev–Trinajstić information content (AvgIpc) is 2.90. The zero-order valence-corrected chi connectivity index (χ0v) is 16.9. The number of anilines is 1. The molecule has 1 aromatic heterocycles. The molecule has 0 aliphatic rings. The molecule has 24 heavy (non-hydrogen) atoms. The topological polar surface area (TPSA) is 28.2 Å². The third-order valence-corrected chi connectivity index (χ3v) is 4.93. The molecule has 0 fully saturated rings. The molecule has 0 amide bonds. The molecule has 0 unspecified atom stereocenters. The molecule has 1 N–H and O–H groups in total. The number of thiazole rings is 1. The molecule has 0 atom stereocenters. The van der Waals surface area contributed by atoms with Crippen molar-refractivity contribution in [3.8, 4) is 0 Å². The van der Waals surface area contributed by atoms with Gasteiger partial charge in [-0.15, -0.1) is 11.3 Å². The third kappa shape index (κ3) is 5.32. The van der Waals surface area contributed by atoms with E-state index in [0.717, 1.165) is 18.2 Å². The smallest absolute Gasteiger partial charge is 0.185 e. The Bertz CT molecular complexity index is 648. The van der Waals surface area contributed by atoms with Crippen LogP contribution in [0.15, 0.2) is 30.3 Å². The monoisotopic (exact) mass is 345 g/mol. The van der Waals surface area contributed by atoms with Gasteiger partial charge in [0.25, 0.3) is 0 Å². The molecule has 4 heteroatoms. The van der Waals surface area contributed by atoms with Crippen LogP contribution in [0.4, 0.5) is 5.13 Å². The van der Waals surface area contributed by atoms with E-state index in [4.69, 9.17) is 4.98 Å². The predicted molar refractivity (Wildman–Crippen MR) is 106 cm³/mol. The van der Waals surface area contributed by atoms with Crippen molar-refractivity contribution in [1.82, 2.24) is 10.3 Å². The summed E-state index contributed by atoms with van der Waals surface area (Å²) in [4.78, 5) is 8.57. The second-order valence-corrected chi connectivity index (χ2v) is 9.53. The van der Waals surface area contributed by atoms with Gasteiger partial charge < -0.3 is 10.2 Å². The van der Waals surface area contributed by atoms with Crippen LogP contribution in [-0.2, 0) is 18.5 Å². The van der Waals surface area contributed by atoms with E-state index in [1.807, 2.05) is 0 Å². The lowest BCUT2D eigenvalue weighted by atomic mass is 9.91. The van der Waals surface area contributed by atoms with E-state index in [1.165, 1.54) is 16.1 Å². The molecule has 132 valence electrons. The Hall–Kier alpha value is -1.39. The summed E-state index contributed by atoms with van der Waals surface area (Å²) >= 11 is 1.81. The van der Waals surface area contributed by atoms with E-state index >= 15 is 0 Å². The fourth-order valence-corrected chi connectivity index (χ4v) is 3.65. The quantitative estimate of drug-likeness (QED) is 0.829. The molecule has 2 aromatic rings. The van der Waals surface area contributed by atoms with Crippen LogP contribution in [-0.4, -0.2) is 17.6 Å². The number of hydrogen-bond acceptors (Lipinski definition) is 4. The Morgan fingerprint density at radius 2 is 1.67 bits per heavy atom. The van der Waals surface area contributed by atoms with Crippen LogP contribution in [0.2, 0.25) is 0 Å². The van der Waals surface area contributed by atoms with Crippen LogP contribution < -0.4 is 10.2 Å². The number of hydrogen-bond donors (Lipinski definition) is 1. The molecule has 0 aliphatic heterocycles. The first-order chi connectivity index (χ1) is 11.1. The third-order valence-electron chi connectivity index (χ3n) is 3.76. The van der Waals surface area contributed by atoms with Crippen molar-refractivity contribution in [1.29, 1.82) is 0 Å². The minimum Gasteiger partial charge on any atom is -0.347 e. The van der Waals surface area contributed by atoms with Crippen LogP contribution in [0.25, 0.3) is 0 Å². The molecular weight excluding hydrogens is 314 g/mol. The highest BCUT2D eigenvalue weighted by Gasteiger charge is 2.25. The lowest BCUT2D eigenvalue weighted by Crippen LogP contribution is -2.35. The first kappa shape index (κ1) is 18.9. The van der Waals surface area contributed by atoms with Crippen LogP contribution in [0.1, 0.15) is 57.7 Å². The summed E-state index contributed by atoms with van der Waals surface area (Å²) < 4.78 is 0. The van der Waals surface area contributed by atoms with Gasteiger partial charge in [0.15, 0.2) is 5.13 Å². The zero-order chi connectivity index (χ0) is 18.0. The van der Waals surface area contributed by atoms with Crippen molar-refractivity contribution in [3.63, 3.8) is 0 Å². The van der Waals surface area contributed by atoms with Gasteiger partial charge in [-0.05, 0) is 26.3 Å². The Morgan fingerprint density at radius 3 is 2.21 bits per heavy atom. The molecule has 3 nitrogen and oxygen atoms in total. The van der Waals surface area contributed by atoms with Crippen molar-refractivity contribution in [2.45, 2.75) is 65.6 Å². The standard InChI is InChI=1S/C20H31N3S/c1-19(2,3)17-16(13-21-20(4,5)6)24-18(22-17)23(7)14-15-11-9-8-10-12-15/h8-12,21H,13-14H2,1-7H3. The molecule has 1 heterocycles. The number of aromatic nitrogens is 1. The molecule has 0 saturated heterocycles. The normalized spacial score (nSPS) is 12.5. The number of benzene rings is 1. The predicted octanol–water partition coefficient (Wildman–Crippen LogP) is 4.97. The first-order valence-electron chi connectivity index (χ1n) is 8.56. The van der Waals surface area contributed by atoms with Gasteiger partial charge in [-0.25, -0.2) is 4.98 Å². The van der Waals surface area contributed by atoms with Crippen molar-refractivity contribution in [2.75, 3.05) is 11.9 Å². The van der Waals surface area contributed by atoms with Gasteiger partial charge in [-0.3, -0.25) is 0 Å². The maximum absolute atomic E-state index is 4.98. The Morgan fingerprint density at radius 1 is 1.04 bits per heavy atom. The average molecular weight is 346 g/mol. The van der Waals surface area contributed by atoms with Gasteiger partial charge in [-0.1, -0.05) is 51.1 Å². The summed E-state index contributed by atoms with van der Waals surface area (Å²) in [6.45, 7) is 15.1. The lowest BCUT2D eigenvalue weighted by Gasteiger charge is -2.22. The Labute approximate surface area is 151 Å². The van der Waals surface area contributed by atoms with Crippen LogP contribution >= 0.6 is 11.3 Å². The lowest BCUT2D eigenvalue weighted by molar-refractivity contribution is 0.422. The van der Waals surface area contributed by atoms with Crippen LogP contribution in [0.3, 0.4) is 0 Å². The Kier molecular flexibility index (Phi) is 5.71. The molecule has 0 bridgehead atoms. The summed E-state index contributed by atoms with van der Waals surface area (Å²) in [5.41, 5.74) is 2.67. The summed E-state index contributed by atoms with van der Waals surface area (Å²) in [6, 6.07) is 10.6.